The Morgan fingerprint density at radius 1 is 1.10 bits per heavy atom. The van der Waals surface area contributed by atoms with Gasteiger partial charge in [-0.05, 0) is 61.2 Å². The Labute approximate surface area is 118 Å². The summed E-state index contributed by atoms with van der Waals surface area (Å²) < 4.78 is 13.0. The summed E-state index contributed by atoms with van der Waals surface area (Å²) in [7, 11) is 0. The number of hydrogen-bond acceptors (Lipinski definition) is 2. The minimum atomic E-state index is -0.263. The lowest BCUT2D eigenvalue weighted by atomic mass is 10.0. The Balaban J connectivity index is 2.02. The average molecular weight is 271 g/mol. The fraction of sp³-hybridized carbons (Fsp3) is 0.235. The van der Waals surface area contributed by atoms with Gasteiger partial charge in [-0.15, -0.1) is 0 Å². The summed E-state index contributed by atoms with van der Waals surface area (Å²) in [6.07, 6.45) is 0. The van der Waals surface area contributed by atoms with Crippen LogP contribution in [0.5, 0.6) is 0 Å². The van der Waals surface area contributed by atoms with Crippen molar-refractivity contribution in [3.63, 3.8) is 0 Å². The lowest BCUT2D eigenvalue weighted by molar-refractivity contribution is 0.130. The van der Waals surface area contributed by atoms with Gasteiger partial charge in [-0.25, -0.2) is 4.39 Å². The summed E-state index contributed by atoms with van der Waals surface area (Å²) in [4.78, 5) is 5.28. The maximum absolute atomic E-state index is 13.0. The van der Waals surface area contributed by atoms with E-state index < -0.39 is 0 Å². The summed E-state index contributed by atoms with van der Waals surface area (Å²) in [6, 6.07) is 12.5. The number of hydrogen-bond donors (Lipinski definition) is 0. The molecule has 0 heterocycles. The maximum atomic E-state index is 13.0. The van der Waals surface area contributed by atoms with Crippen LogP contribution in [0.3, 0.4) is 0 Å². The second-order valence-electron chi connectivity index (χ2n) is 4.88. The zero-order valence-corrected chi connectivity index (χ0v) is 12.0. The van der Waals surface area contributed by atoms with E-state index in [4.69, 9.17) is 4.84 Å². The van der Waals surface area contributed by atoms with Gasteiger partial charge in [0.25, 0.3) is 0 Å². The van der Waals surface area contributed by atoms with Crippen molar-refractivity contribution in [2.24, 2.45) is 5.16 Å². The molecule has 0 unspecified atom stereocenters. The van der Waals surface area contributed by atoms with Crippen LogP contribution in [-0.2, 0) is 11.4 Å². The molecule has 0 aromatic heterocycles. The van der Waals surface area contributed by atoms with Crippen LogP contribution in [0.15, 0.2) is 47.6 Å². The first-order chi connectivity index (χ1) is 9.56. The molecule has 20 heavy (non-hydrogen) atoms. The van der Waals surface area contributed by atoms with E-state index in [1.165, 1.54) is 23.3 Å². The highest BCUT2D eigenvalue weighted by Gasteiger charge is 2.01. The van der Waals surface area contributed by atoms with Gasteiger partial charge in [-0.1, -0.05) is 29.4 Å². The molecule has 0 radical (unpaired) electrons. The lowest BCUT2D eigenvalue weighted by Crippen LogP contribution is -1.98. The van der Waals surface area contributed by atoms with Crippen molar-refractivity contribution < 1.29 is 9.23 Å². The molecular formula is C17H18FNO. The minimum absolute atomic E-state index is 0.263. The van der Waals surface area contributed by atoms with Crippen LogP contribution in [0.2, 0.25) is 0 Å². The van der Waals surface area contributed by atoms with Crippen molar-refractivity contribution in [1.29, 1.82) is 0 Å². The number of halogens is 1. The number of benzene rings is 2. The molecule has 2 rings (SSSR count). The van der Waals surface area contributed by atoms with E-state index >= 15 is 0 Å². The summed E-state index contributed by atoms with van der Waals surface area (Å²) in [6.45, 7) is 6.31. The van der Waals surface area contributed by atoms with E-state index in [1.54, 1.807) is 6.07 Å². The summed E-state index contributed by atoms with van der Waals surface area (Å²) in [5.41, 5.74) is 5.09. The molecule has 0 bridgehead atoms. The Bertz CT molecular complexity index is 635. The second-order valence-corrected chi connectivity index (χ2v) is 4.88. The first kappa shape index (κ1) is 14.3. The Morgan fingerprint density at radius 3 is 2.60 bits per heavy atom. The fourth-order valence-electron chi connectivity index (χ4n) is 1.85. The predicted octanol–water partition coefficient (Wildman–Crippen LogP) is 4.38. The molecule has 0 aliphatic carbocycles. The number of aryl methyl sites for hydroxylation is 2. The Hall–Kier alpha value is -2.16. The van der Waals surface area contributed by atoms with Crippen molar-refractivity contribution in [1.82, 2.24) is 0 Å². The van der Waals surface area contributed by atoms with Crippen molar-refractivity contribution in [2.45, 2.75) is 27.4 Å². The molecule has 0 amide bonds. The van der Waals surface area contributed by atoms with Gasteiger partial charge in [0.15, 0.2) is 0 Å². The van der Waals surface area contributed by atoms with Crippen LogP contribution in [-0.4, -0.2) is 5.71 Å². The first-order valence-corrected chi connectivity index (χ1v) is 6.55. The second kappa shape index (κ2) is 6.33. The zero-order chi connectivity index (χ0) is 14.5. The van der Waals surface area contributed by atoms with Gasteiger partial charge in [-0.3, -0.25) is 0 Å². The van der Waals surface area contributed by atoms with E-state index in [1.807, 2.05) is 19.1 Å². The van der Waals surface area contributed by atoms with Crippen molar-refractivity contribution in [3.8, 4) is 0 Å². The van der Waals surface area contributed by atoms with E-state index in [0.717, 1.165) is 16.8 Å². The van der Waals surface area contributed by atoms with Gasteiger partial charge < -0.3 is 4.84 Å². The smallest absolute Gasteiger partial charge is 0.142 e. The van der Waals surface area contributed by atoms with E-state index in [2.05, 4.69) is 31.1 Å². The first-order valence-electron chi connectivity index (χ1n) is 6.55. The molecule has 0 saturated carbocycles. The third-order valence-corrected chi connectivity index (χ3v) is 3.25. The van der Waals surface area contributed by atoms with Crippen molar-refractivity contribution in [2.75, 3.05) is 0 Å². The summed E-state index contributed by atoms with van der Waals surface area (Å²) in [5, 5.41) is 4.08. The third-order valence-electron chi connectivity index (χ3n) is 3.25. The number of rotatable bonds is 4. The topological polar surface area (TPSA) is 21.6 Å². The monoisotopic (exact) mass is 271 g/mol. The fourth-order valence-corrected chi connectivity index (χ4v) is 1.85. The van der Waals surface area contributed by atoms with Crippen molar-refractivity contribution in [3.05, 3.63) is 70.5 Å². The molecule has 104 valence electrons. The van der Waals surface area contributed by atoms with Crippen LogP contribution in [0, 0.1) is 19.7 Å². The van der Waals surface area contributed by atoms with Gasteiger partial charge in [0.1, 0.15) is 12.4 Å². The summed E-state index contributed by atoms with van der Waals surface area (Å²) in [5.74, 6) is -0.263. The third kappa shape index (κ3) is 3.67. The molecule has 0 fully saturated rings. The molecule has 3 heteroatoms. The molecule has 0 spiro atoms. The van der Waals surface area contributed by atoms with Gasteiger partial charge in [0.05, 0.1) is 5.71 Å². The molecular weight excluding hydrogens is 253 g/mol. The largest absolute Gasteiger partial charge is 0.391 e. The minimum Gasteiger partial charge on any atom is -0.391 e. The van der Waals surface area contributed by atoms with Gasteiger partial charge in [0, 0.05) is 0 Å². The van der Waals surface area contributed by atoms with Gasteiger partial charge >= 0.3 is 0 Å². The molecule has 0 aliphatic heterocycles. The number of oxime groups is 1. The van der Waals surface area contributed by atoms with E-state index in [-0.39, 0.29) is 12.4 Å². The van der Waals surface area contributed by atoms with Crippen LogP contribution in [0.4, 0.5) is 4.39 Å². The van der Waals surface area contributed by atoms with Crippen molar-refractivity contribution >= 4 is 5.71 Å². The van der Waals surface area contributed by atoms with Gasteiger partial charge in [0.2, 0.25) is 0 Å². The molecule has 2 nitrogen and oxygen atoms in total. The average Bonchev–Trinajstić information content (AvgIpc) is 2.42. The SMILES string of the molecule is C/C(=N/OCc1cccc(F)c1)c1ccc(C)c(C)c1. The van der Waals surface area contributed by atoms with E-state index in [9.17, 15) is 4.39 Å². The molecule has 0 atom stereocenters. The van der Waals surface area contributed by atoms with Crippen LogP contribution in [0.25, 0.3) is 0 Å². The van der Waals surface area contributed by atoms with Crippen LogP contribution in [0.1, 0.15) is 29.2 Å². The lowest BCUT2D eigenvalue weighted by Gasteiger charge is -2.05. The Morgan fingerprint density at radius 2 is 1.90 bits per heavy atom. The Kier molecular flexibility index (Phi) is 4.51. The highest BCUT2D eigenvalue weighted by atomic mass is 19.1. The number of nitrogens with zero attached hydrogens (tertiary/aromatic N) is 1. The molecule has 0 saturated heterocycles. The van der Waals surface area contributed by atoms with Gasteiger partial charge in [-0.2, -0.15) is 0 Å². The molecule has 0 aliphatic rings. The predicted molar refractivity (Wildman–Crippen MR) is 79.3 cm³/mol. The molecule has 2 aromatic carbocycles. The standard InChI is InChI=1S/C17H18FNO/c1-12-7-8-16(9-13(12)2)14(3)19-20-11-15-5-4-6-17(18)10-15/h4-10H,11H2,1-3H3/b19-14-. The summed E-state index contributed by atoms with van der Waals surface area (Å²) >= 11 is 0. The molecule has 2 aromatic rings. The highest BCUT2D eigenvalue weighted by molar-refractivity contribution is 5.98. The quantitative estimate of drug-likeness (QED) is 0.597. The maximum Gasteiger partial charge on any atom is 0.142 e. The highest BCUT2D eigenvalue weighted by Crippen LogP contribution is 2.11. The van der Waals surface area contributed by atoms with E-state index in [0.29, 0.717) is 0 Å². The van der Waals surface area contributed by atoms with Crippen LogP contribution < -0.4 is 0 Å². The zero-order valence-electron chi connectivity index (χ0n) is 12.0. The molecule has 0 N–H and O–H groups in total. The van der Waals surface area contributed by atoms with Crippen LogP contribution >= 0.6 is 0 Å². The normalized spacial score (nSPS) is 11.5.